The van der Waals surface area contributed by atoms with Gasteiger partial charge in [0.15, 0.2) is 0 Å². The van der Waals surface area contributed by atoms with Crippen LogP contribution in [0.5, 0.6) is 0 Å². The van der Waals surface area contributed by atoms with Crippen LogP contribution in [0.4, 0.5) is 0 Å². The topological polar surface area (TPSA) is 9.23 Å². The third kappa shape index (κ3) is 3.51. The largest absolute Gasteiger partial charge is 0.367 e. The maximum absolute atomic E-state index is 5.74. The maximum atomic E-state index is 5.74. The molecule has 1 rings (SSSR count). The third-order valence-corrected chi connectivity index (χ3v) is 2.71. The summed E-state index contributed by atoms with van der Waals surface area (Å²) >= 11 is 0. The molecule has 13 heavy (non-hydrogen) atoms. The Morgan fingerprint density at radius 3 is 2.69 bits per heavy atom. The quantitative estimate of drug-likeness (QED) is 0.465. The molecule has 0 aliphatic carbocycles. The van der Waals surface area contributed by atoms with E-state index >= 15 is 0 Å². The summed E-state index contributed by atoms with van der Waals surface area (Å²) in [5, 5.41) is 0. The van der Waals surface area contributed by atoms with Crippen molar-refractivity contribution in [2.45, 2.75) is 58.5 Å². The molecule has 0 N–H and O–H groups in total. The summed E-state index contributed by atoms with van der Waals surface area (Å²) in [5.74, 6) is 0. The summed E-state index contributed by atoms with van der Waals surface area (Å²) in [6.07, 6.45) is 8.80. The van der Waals surface area contributed by atoms with Gasteiger partial charge in [0.25, 0.3) is 0 Å². The molecule has 1 nitrogen and oxygen atoms in total. The molecule has 0 aromatic rings. The highest BCUT2D eigenvalue weighted by Gasteiger charge is 2.26. The Morgan fingerprint density at radius 1 is 1.38 bits per heavy atom. The normalized spacial score (nSPS) is 27.8. The van der Waals surface area contributed by atoms with E-state index in [-0.39, 0.29) is 5.60 Å². The van der Waals surface area contributed by atoms with Crippen molar-refractivity contribution in [2.24, 2.45) is 0 Å². The summed E-state index contributed by atoms with van der Waals surface area (Å²) < 4.78 is 5.74. The average molecular weight is 182 g/mol. The van der Waals surface area contributed by atoms with Gasteiger partial charge in [0.1, 0.15) is 0 Å². The number of ether oxygens (including phenoxy) is 1. The first kappa shape index (κ1) is 10.8. The van der Waals surface area contributed by atoms with Crippen LogP contribution in [0.2, 0.25) is 0 Å². The van der Waals surface area contributed by atoms with E-state index in [9.17, 15) is 0 Å². The van der Waals surface area contributed by atoms with Crippen molar-refractivity contribution in [3.05, 3.63) is 11.6 Å². The van der Waals surface area contributed by atoms with E-state index in [1.165, 1.54) is 37.7 Å². The molecule has 1 heterocycles. The van der Waals surface area contributed by atoms with Gasteiger partial charge in [0.05, 0.1) is 12.2 Å². The zero-order valence-electron chi connectivity index (χ0n) is 9.23. The standard InChI is InChI=1S/C12H22O/c1-4-5-6-7-8-12(3)9-11(2)10-13-12/h9H,4-8,10H2,1-3H3. The van der Waals surface area contributed by atoms with Crippen LogP contribution < -0.4 is 0 Å². The highest BCUT2D eigenvalue weighted by molar-refractivity contribution is 5.14. The molecule has 0 spiro atoms. The van der Waals surface area contributed by atoms with Crippen molar-refractivity contribution in [2.75, 3.05) is 6.61 Å². The van der Waals surface area contributed by atoms with Crippen molar-refractivity contribution in [1.82, 2.24) is 0 Å². The molecule has 1 aliphatic heterocycles. The molecular weight excluding hydrogens is 160 g/mol. The van der Waals surface area contributed by atoms with Gasteiger partial charge in [0, 0.05) is 0 Å². The molecule has 1 unspecified atom stereocenters. The van der Waals surface area contributed by atoms with Crippen molar-refractivity contribution in [3.8, 4) is 0 Å². The van der Waals surface area contributed by atoms with Crippen LogP contribution >= 0.6 is 0 Å². The summed E-state index contributed by atoms with van der Waals surface area (Å²) in [6.45, 7) is 7.44. The molecule has 0 saturated carbocycles. The molecule has 0 saturated heterocycles. The van der Waals surface area contributed by atoms with Gasteiger partial charge >= 0.3 is 0 Å². The first-order valence-corrected chi connectivity index (χ1v) is 5.48. The molecule has 0 radical (unpaired) electrons. The number of hydrogen-bond donors (Lipinski definition) is 0. The van der Waals surface area contributed by atoms with E-state index < -0.39 is 0 Å². The van der Waals surface area contributed by atoms with Gasteiger partial charge in [0.2, 0.25) is 0 Å². The van der Waals surface area contributed by atoms with E-state index in [4.69, 9.17) is 4.74 Å². The van der Waals surface area contributed by atoms with Crippen molar-refractivity contribution in [1.29, 1.82) is 0 Å². The van der Waals surface area contributed by atoms with Gasteiger partial charge < -0.3 is 4.74 Å². The van der Waals surface area contributed by atoms with Crippen LogP contribution in [0.15, 0.2) is 11.6 Å². The molecule has 1 atom stereocenters. The zero-order valence-corrected chi connectivity index (χ0v) is 9.23. The smallest absolute Gasteiger partial charge is 0.0842 e. The monoisotopic (exact) mass is 182 g/mol. The average Bonchev–Trinajstić information content (AvgIpc) is 2.41. The molecule has 0 fully saturated rings. The molecular formula is C12H22O. The van der Waals surface area contributed by atoms with Gasteiger partial charge in [-0.15, -0.1) is 0 Å². The van der Waals surface area contributed by atoms with E-state index in [0.29, 0.717) is 0 Å². The van der Waals surface area contributed by atoms with E-state index in [1.54, 1.807) is 0 Å². The minimum absolute atomic E-state index is 0.0534. The van der Waals surface area contributed by atoms with Gasteiger partial charge in [-0.05, 0) is 25.8 Å². The molecule has 1 heteroatoms. The Labute approximate surface area is 82.2 Å². The number of unbranched alkanes of at least 4 members (excludes halogenated alkanes) is 3. The molecule has 0 aromatic heterocycles. The summed E-state index contributed by atoms with van der Waals surface area (Å²) in [4.78, 5) is 0. The fourth-order valence-electron chi connectivity index (χ4n) is 1.93. The fraction of sp³-hybridized carbons (Fsp3) is 0.833. The highest BCUT2D eigenvalue weighted by atomic mass is 16.5. The van der Waals surface area contributed by atoms with Crippen LogP contribution in [-0.2, 0) is 4.74 Å². The Balaban J connectivity index is 2.20. The third-order valence-electron chi connectivity index (χ3n) is 2.71. The molecule has 1 aliphatic rings. The Bertz CT molecular complexity index is 184. The lowest BCUT2D eigenvalue weighted by molar-refractivity contribution is 0.0311. The first-order chi connectivity index (χ1) is 6.16. The van der Waals surface area contributed by atoms with Crippen LogP contribution in [0, 0.1) is 0 Å². The van der Waals surface area contributed by atoms with Gasteiger partial charge in [-0.1, -0.05) is 38.7 Å². The second-order valence-electron chi connectivity index (χ2n) is 4.40. The van der Waals surface area contributed by atoms with E-state index in [0.717, 1.165) is 6.61 Å². The fourth-order valence-corrected chi connectivity index (χ4v) is 1.93. The maximum Gasteiger partial charge on any atom is 0.0842 e. The van der Waals surface area contributed by atoms with Crippen LogP contribution in [0.1, 0.15) is 52.9 Å². The zero-order chi connectivity index (χ0) is 9.73. The minimum Gasteiger partial charge on any atom is -0.367 e. The molecule has 0 bridgehead atoms. The van der Waals surface area contributed by atoms with Crippen molar-refractivity contribution in [3.63, 3.8) is 0 Å². The van der Waals surface area contributed by atoms with Crippen LogP contribution in [-0.4, -0.2) is 12.2 Å². The Hall–Kier alpha value is -0.300. The highest BCUT2D eigenvalue weighted by Crippen LogP contribution is 2.28. The van der Waals surface area contributed by atoms with Crippen molar-refractivity contribution < 1.29 is 4.74 Å². The second-order valence-corrected chi connectivity index (χ2v) is 4.40. The lowest BCUT2D eigenvalue weighted by atomic mass is 9.97. The summed E-state index contributed by atoms with van der Waals surface area (Å²) in [7, 11) is 0. The summed E-state index contributed by atoms with van der Waals surface area (Å²) in [6, 6.07) is 0. The van der Waals surface area contributed by atoms with Gasteiger partial charge in [-0.25, -0.2) is 0 Å². The predicted molar refractivity (Wildman–Crippen MR) is 56.9 cm³/mol. The minimum atomic E-state index is 0.0534. The van der Waals surface area contributed by atoms with Gasteiger partial charge in [-0.3, -0.25) is 0 Å². The van der Waals surface area contributed by atoms with Crippen molar-refractivity contribution >= 4 is 0 Å². The molecule has 0 aromatic carbocycles. The first-order valence-electron chi connectivity index (χ1n) is 5.48. The Kier molecular flexibility index (Phi) is 3.98. The van der Waals surface area contributed by atoms with E-state index in [2.05, 4.69) is 26.8 Å². The van der Waals surface area contributed by atoms with E-state index in [1.807, 2.05) is 0 Å². The lowest BCUT2D eigenvalue weighted by Crippen LogP contribution is -2.21. The Morgan fingerprint density at radius 2 is 2.15 bits per heavy atom. The van der Waals surface area contributed by atoms with Crippen LogP contribution in [0.3, 0.4) is 0 Å². The predicted octanol–water partition coefficient (Wildman–Crippen LogP) is 3.69. The van der Waals surface area contributed by atoms with Crippen LogP contribution in [0.25, 0.3) is 0 Å². The molecule has 76 valence electrons. The SMILES string of the molecule is CCCCCCC1(C)C=C(C)CO1. The second kappa shape index (κ2) is 4.80. The number of hydrogen-bond acceptors (Lipinski definition) is 1. The summed E-state index contributed by atoms with van der Waals surface area (Å²) in [5.41, 5.74) is 1.44. The number of rotatable bonds is 5. The van der Waals surface area contributed by atoms with Gasteiger partial charge in [-0.2, -0.15) is 0 Å². The lowest BCUT2D eigenvalue weighted by Gasteiger charge is -2.21. The molecule has 0 amide bonds.